The quantitative estimate of drug-likeness (QED) is 0.532. The zero-order valence-electron chi connectivity index (χ0n) is 11.3. The van der Waals surface area contributed by atoms with E-state index in [1.165, 1.54) is 24.3 Å². The number of non-ortho nitro benzene ring substituents is 1. The Morgan fingerprint density at radius 2 is 1.67 bits per heavy atom. The molecule has 0 atom stereocenters. The maximum atomic E-state index is 11.9. The Hall–Kier alpha value is -3.02. The summed E-state index contributed by atoms with van der Waals surface area (Å²) >= 11 is 0. The van der Waals surface area contributed by atoms with Crippen molar-refractivity contribution in [1.82, 2.24) is 5.43 Å². The van der Waals surface area contributed by atoms with Gasteiger partial charge in [-0.3, -0.25) is 14.9 Å². The normalized spacial score (nSPS) is 11.0. The van der Waals surface area contributed by atoms with Gasteiger partial charge in [0, 0.05) is 17.7 Å². The number of carbonyl (C=O) groups is 1. The molecule has 2 aromatic rings. The summed E-state index contributed by atoms with van der Waals surface area (Å²) in [5, 5.41) is 14.5. The second kappa shape index (κ2) is 6.42. The van der Waals surface area contributed by atoms with E-state index in [0.29, 0.717) is 11.3 Å². The highest BCUT2D eigenvalue weighted by molar-refractivity contribution is 6.00. The van der Waals surface area contributed by atoms with Crippen LogP contribution in [0.4, 0.5) is 5.69 Å². The van der Waals surface area contributed by atoms with Crippen molar-refractivity contribution in [3.05, 3.63) is 75.8 Å². The number of nitrogens with one attached hydrogen (secondary N) is 1. The Labute approximate surface area is 121 Å². The molecule has 0 saturated heterocycles. The van der Waals surface area contributed by atoms with E-state index in [4.69, 9.17) is 0 Å². The number of hydrogen-bond donors (Lipinski definition) is 1. The van der Waals surface area contributed by atoms with Gasteiger partial charge in [-0.05, 0) is 24.6 Å². The summed E-state index contributed by atoms with van der Waals surface area (Å²) in [6, 6.07) is 14.8. The van der Waals surface area contributed by atoms with Crippen LogP contribution < -0.4 is 5.43 Å². The minimum atomic E-state index is -0.514. The molecular weight excluding hydrogens is 270 g/mol. The van der Waals surface area contributed by atoms with Crippen LogP contribution in [0, 0.1) is 10.1 Å². The van der Waals surface area contributed by atoms with E-state index in [9.17, 15) is 14.9 Å². The van der Waals surface area contributed by atoms with E-state index in [-0.39, 0.29) is 5.69 Å². The lowest BCUT2D eigenvalue weighted by Gasteiger charge is -2.03. The van der Waals surface area contributed by atoms with Crippen LogP contribution in [-0.2, 0) is 0 Å². The highest BCUT2D eigenvalue weighted by Crippen LogP contribution is 2.11. The molecule has 0 spiro atoms. The number of rotatable bonds is 4. The smallest absolute Gasteiger partial charge is 0.267 e. The molecule has 2 aromatic carbocycles. The fraction of sp³-hybridized carbons (Fsp3) is 0.0667. The Balaban J connectivity index is 2.06. The second-order valence-corrected chi connectivity index (χ2v) is 4.31. The van der Waals surface area contributed by atoms with E-state index in [1.54, 1.807) is 6.92 Å². The number of amides is 1. The van der Waals surface area contributed by atoms with Crippen LogP contribution in [0.25, 0.3) is 0 Å². The summed E-state index contributed by atoms with van der Waals surface area (Å²) in [5.41, 5.74) is 4.25. The summed E-state index contributed by atoms with van der Waals surface area (Å²) < 4.78 is 0. The number of benzene rings is 2. The standard InChI is InChI=1S/C15H13N3O3/c1-11(12-5-3-2-4-6-12)16-17-15(19)13-7-9-14(10-8-13)18(20)21/h2-10H,1H3,(H,17,19). The summed E-state index contributed by atoms with van der Waals surface area (Å²) in [5.74, 6) is -0.417. The number of hydrogen-bond acceptors (Lipinski definition) is 4. The molecule has 0 heterocycles. The van der Waals surface area contributed by atoms with Gasteiger partial charge in [-0.1, -0.05) is 30.3 Å². The third kappa shape index (κ3) is 3.73. The molecule has 0 fully saturated rings. The molecular formula is C15H13N3O3. The van der Waals surface area contributed by atoms with Gasteiger partial charge >= 0.3 is 0 Å². The number of nitro groups is 1. The van der Waals surface area contributed by atoms with Gasteiger partial charge in [0.15, 0.2) is 0 Å². The second-order valence-electron chi connectivity index (χ2n) is 4.31. The zero-order valence-corrected chi connectivity index (χ0v) is 11.3. The van der Waals surface area contributed by atoms with Gasteiger partial charge in [-0.25, -0.2) is 5.43 Å². The number of nitro benzene ring substituents is 1. The lowest BCUT2D eigenvalue weighted by Crippen LogP contribution is -2.19. The van der Waals surface area contributed by atoms with Crippen LogP contribution in [0.15, 0.2) is 59.7 Å². The molecule has 0 aromatic heterocycles. The summed E-state index contributed by atoms with van der Waals surface area (Å²) in [4.78, 5) is 21.9. The van der Waals surface area contributed by atoms with Gasteiger partial charge in [-0.15, -0.1) is 0 Å². The monoisotopic (exact) mass is 283 g/mol. The minimum absolute atomic E-state index is 0.0597. The van der Waals surface area contributed by atoms with E-state index < -0.39 is 10.8 Å². The molecule has 6 nitrogen and oxygen atoms in total. The fourth-order valence-corrected chi connectivity index (χ4v) is 1.68. The molecule has 0 aliphatic heterocycles. The SMILES string of the molecule is CC(=NNC(=O)c1ccc([N+](=O)[O-])cc1)c1ccccc1. The molecule has 0 aliphatic carbocycles. The average Bonchev–Trinajstić information content (AvgIpc) is 2.53. The number of carbonyl (C=O) groups excluding carboxylic acids is 1. The van der Waals surface area contributed by atoms with Gasteiger partial charge in [0.1, 0.15) is 0 Å². The predicted molar refractivity (Wildman–Crippen MR) is 79.2 cm³/mol. The summed E-state index contributed by atoms with van der Waals surface area (Å²) in [6.45, 7) is 1.78. The van der Waals surface area contributed by atoms with Crippen molar-refractivity contribution in [2.45, 2.75) is 6.92 Å². The van der Waals surface area contributed by atoms with Gasteiger partial charge in [0.2, 0.25) is 0 Å². The van der Waals surface area contributed by atoms with E-state index >= 15 is 0 Å². The minimum Gasteiger partial charge on any atom is -0.267 e. The number of nitrogens with zero attached hydrogens (tertiary/aromatic N) is 2. The van der Waals surface area contributed by atoms with Crippen molar-refractivity contribution in [2.24, 2.45) is 5.10 Å². The molecule has 1 N–H and O–H groups in total. The number of hydrazone groups is 1. The van der Waals surface area contributed by atoms with Gasteiger partial charge in [-0.2, -0.15) is 5.10 Å². The van der Waals surface area contributed by atoms with Crippen molar-refractivity contribution in [3.63, 3.8) is 0 Å². The first-order chi connectivity index (χ1) is 10.1. The molecule has 0 radical (unpaired) electrons. The summed E-state index contributed by atoms with van der Waals surface area (Å²) in [6.07, 6.45) is 0. The van der Waals surface area contributed by atoms with Crippen molar-refractivity contribution >= 4 is 17.3 Å². The molecule has 21 heavy (non-hydrogen) atoms. The molecule has 2 rings (SSSR count). The maximum Gasteiger partial charge on any atom is 0.271 e. The molecule has 0 unspecified atom stereocenters. The van der Waals surface area contributed by atoms with Crippen LogP contribution in [0.3, 0.4) is 0 Å². The fourth-order valence-electron chi connectivity index (χ4n) is 1.68. The van der Waals surface area contributed by atoms with Crippen LogP contribution in [0.1, 0.15) is 22.8 Å². The molecule has 0 aliphatic rings. The third-order valence-electron chi connectivity index (χ3n) is 2.86. The maximum absolute atomic E-state index is 11.9. The van der Waals surface area contributed by atoms with Crippen LogP contribution in [0.2, 0.25) is 0 Å². The Bertz CT molecular complexity index is 679. The van der Waals surface area contributed by atoms with Gasteiger partial charge < -0.3 is 0 Å². The first kappa shape index (κ1) is 14.4. The molecule has 6 heteroatoms. The first-order valence-electron chi connectivity index (χ1n) is 6.22. The van der Waals surface area contributed by atoms with E-state index in [1.807, 2.05) is 30.3 Å². The zero-order chi connectivity index (χ0) is 15.2. The molecule has 106 valence electrons. The predicted octanol–water partition coefficient (Wildman–Crippen LogP) is 2.75. The highest BCUT2D eigenvalue weighted by Gasteiger charge is 2.08. The lowest BCUT2D eigenvalue weighted by atomic mass is 10.1. The van der Waals surface area contributed by atoms with Gasteiger partial charge in [0.25, 0.3) is 11.6 Å². The largest absolute Gasteiger partial charge is 0.271 e. The highest BCUT2D eigenvalue weighted by atomic mass is 16.6. The molecule has 0 saturated carbocycles. The van der Waals surface area contributed by atoms with Crippen LogP contribution >= 0.6 is 0 Å². The van der Waals surface area contributed by atoms with Crippen molar-refractivity contribution in [3.8, 4) is 0 Å². The van der Waals surface area contributed by atoms with Crippen molar-refractivity contribution in [2.75, 3.05) is 0 Å². The van der Waals surface area contributed by atoms with Gasteiger partial charge in [0.05, 0.1) is 10.6 Å². The van der Waals surface area contributed by atoms with Crippen LogP contribution in [0.5, 0.6) is 0 Å². The van der Waals surface area contributed by atoms with Crippen molar-refractivity contribution in [1.29, 1.82) is 0 Å². The van der Waals surface area contributed by atoms with E-state index in [0.717, 1.165) is 5.56 Å². The first-order valence-corrected chi connectivity index (χ1v) is 6.22. The average molecular weight is 283 g/mol. The summed E-state index contributed by atoms with van der Waals surface area (Å²) in [7, 11) is 0. The molecule has 1 amide bonds. The van der Waals surface area contributed by atoms with E-state index in [2.05, 4.69) is 10.5 Å². The topological polar surface area (TPSA) is 84.6 Å². The Morgan fingerprint density at radius 1 is 1.05 bits per heavy atom. The molecule has 0 bridgehead atoms. The lowest BCUT2D eigenvalue weighted by molar-refractivity contribution is -0.384. The van der Waals surface area contributed by atoms with Crippen molar-refractivity contribution < 1.29 is 9.72 Å². The third-order valence-corrected chi connectivity index (χ3v) is 2.86. The Morgan fingerprint density at radius 3 is 2.24 bits per heavy atom. The Kier molecular flexibility index (Phi) is 4.40. The van der Waals surface area contributed by atoms with Crippen LogP contribution in [-0.4, -0.2) is 16.5 Å².